The quantitative estimate of drug-likeness (QED) is 0.609. The van der Waals surface area contributed by atoms with E-state index in [9.17, 15) is 27.0 Å². The maximum atomic E-state index is 13.2. The number of aliphatic hydroxyl groups excluding tert-OH is 1. The number of β-amino-alcohol motifs (C(OH)–C–C–N with tert-alkyl or cyclic N) is 1. The minimum atomic E-state index is -4.33. The van der Waals surface area contributed by atoms with Gasteiger partial charge in [0.25, 0.3) is 0 Å². The fraction of sp³-hybridized carbons (Fsp3) is 0.316. The summed E-state index contributed by atoms with van der Waals surface area (Å²) < 4.78 is 58.6. The summed E-state index contributed by atoms with van der Waals surface area (Å²) in [5.41, 5.74) is -2.06. The molecule has 9 nitrogen and oxygen atoms in total. The monoisotopic (exact) mass is 486 g/mol. The molecule has 2 aromatic rings. The SMILES string of the molecule is COc1cc(C#N)ccc1S(=O)(=O)N1CC(S(=O)(=O)c2ccc(Cl)cc2)[C@](O)(CO)C1. The van der Waals surface area contributed by atoms with Crippen molar-refractivity contribution in [3.8, 4) is 11.8 Å². The number of hydrogen-bond donors (Lipinski definition) is 2. The maximum absolute atomic E-state index is 13.2. The molecule has 1 aliphatic rings. The van der Waals surface area contributed by atoms with E-state index in [1.807, 2.05) is 6.07 Å². The zero-order valence-corrected chi connectivity index (χ0v) is 18.7. The number of aliphatic hydroxyl groups is 2. The van der Waals surface area contributed by atoms with Crippen molar-refractivity contribution in [3.63, 3.8) is 0 Å². The third-order valence-corrected chi connectivity index (χ3v) is 9.49. The molecule has 0 radical (unpaired) electrons. The number of halogens is 1. The van der Waals surface area contributed by atoms with Crippen molar-refractivity contribution in [3.05, 3.63) is 53.1 Å². The van der Waals surface area contributed by atoms with Crippen LogP contribution in [-0.4, -0.2) is 69.0 Å². The molecule has 1 unspecified atom stereocenters. The Bertz CT molecular complexity index is 1240. The van der Waals surface area contributed by atoms with E-state index in [1.165, 1.54) is 49.6 Å². The number of methoxy groups -OCH3 is 1. The minimum Gasteiger partial charge on any atom is -0.495 e. The van der Waals surface area contributed by atoms with Crippen LogP contribution < -0.4 is 4.74 Å². The lowest BCUT2D eigenvalue weighted by molar-refractivity contribution is 0.00159. The average Bonchev–Trinajstić information content (AvgIpc) is 3.13. The summed E-state index contributed by atoms with van der Waals surface area (Å²) in [4.78, 5) is -0.456. The fourth-order valence-electron chi connectivity index (χ4n) is 3.43. The summed E-state index contributed by atoms with van der Waals surface area (Å²) >= 11 is 5.80. The maximum Gasteiger partial charge on any atom is 0.246 e. The largest absolute Gasteiger partial charge is 0.495 e. The zero-order valence-electron chi connectivity index (χ0n) is 16.3. The van der Waals surface area contributed by atoms with Gasteiger partial charge >= 0.3 is 0 Å². The molecule has 12 heteroatoms. The topological polar surface area (TPSA) is 145 Å². The molecule has 0 bridgehead atoms. The molecule has 0 amide bonds. The molecular formula is C19H19ClN2O7S2. The van der Waals surface area contributed by atoms with Crippen LogP contribution in [0, 0.1) is 11.3 Å². The predicted octanol–water partition coefficient (Wildman–Crippen LogP) is 0.790. The Labute approximate surface area is 185 Å². The molecule has 31 heavy (non-hydrogen) atoms. The standard InChI is InChI=1S/C19H19ClN2O7S2/c1-29-16-8-13(9-21)2-7-17(16)31(27,28)22-10-18(19(24,11-22)12-23)30(25,26)15-5-3-14(20)4-6-15/h2-8,18,23-24H,10-12H2,1H3/t18?,19-/m1/s1. The summed E-state index contributed by atoms with van der Waals surface area (Å²) in [5.74, 6) is -0.101. The van der Waals surface area contributed by atoms with Crippen molar-refractivity contribution < 1.29 is 31.8 Å². The number of rotatable bonds is 6. The van der Waals surface area contributed by atoms with Gasteiger partial charge in [0, 0.05) is 18.1 Å². The van der Waals surface area contributed by atoms with Crippen LogP contribution in [0.4, 0.5) is 0 Å². The second-order valence-electron chi connectivity index (χ2n) is 7.02. The van der Waals surface area contributed by atoms with Gasteiger partial charge in [-0.15, -0.1) is 0 Å². The average molecular weight is 487 g/mol. The Morgan fingerprint density at radius 2 is 1.87 bits per heavy atom. The molecule has 0 spiro atoms. The Kier molecular flexibility index (Phi) is 6.35. The van der Waals surface area contributed by atoms with Crippen molar-refractivity contribution in [1.29, 1.82) is 5.26 Å². The van der Waals surface area contributed by atoms with Crippen LogP contribution in [-0.2, 0) is 19.9 Å². The van der Waals surface area contributed by atoms with Gasteiger partial charge in [-0.25, -0.2) is 16.8 Å². The van der Waals surface area contributed by atoms with Gasteiger partial charge in [-0.1, -0.05) is 11.6 Å². The lowest BCUT2D eigenvalue weighted by atomic mass is 10.1. The van der Waals surface area contributed by atoms with Gasteiger partial charge in [0.05, 0.1) is 30.2 Å². The van der Waals surface area contributed by atoms with Gasteiger partial charge in [-0.2, -0.15) is 9.57 Å². The minimum absolute atomic E-state index is 0.101. The number of sulfone groups is 1. The zero-order chi connectivity index (χ0) is 23.0. The van der Waals surface area contributed by atoms with Gasteiger partial charge in [0.15, 0.2) is 9.84 Å². The first-order valence-electron chi connectivity index (χ1n) is 8.90. The van der Waals surface area contributed by atoms with Gasteiger partial charge in [0.1, 0.15) is 21.5 Å². The Morgan fingerprint density at radius 3 is 2.42 bits per heavy atom. The van der Waals surface area contributed by atoms with Crippen molar-refractivity contribution in [2.24, 2.45) is 0 Å². The summed E-state index contributed by atoms with van der Waals surface area (Å²) in [6, 6.07) is 10.8. The van der Waals surface area contributed by atoms with Crippen LogP contribution >= 0.6 is 11.6 Å². The molecule has 1 aliphatic heterocycles. The van der Waals surface area contributed by atoms with E-state index < -0.39 is 50.4 Å². The highest BCUT2D eigenvalue weighted by atomic mass is 35.5. The molecule has 2 atom stereocenters. The second kappa shape index (κ2) is 8.38. The molecule has 2 N–H and O–H groups in total. The number of hydrogen-bond acceptors (Lipinski definition) is 8. The molecular weight excluding hydrogens is 468 g/mol. The Morgan fingerprint density at radius 1 is 1.23 bits per heavy atom. The number of ether oxygens (including phenoxy) is 1. The van der Waals surface area contributed by atoms with E-state index in [4.69, 9.17) is 21.6 Å². The van der Waals surface area contributed by atoms with E-state index in [0.717, 1.165) is 4.31 Å². The van der Waals surface area contributed by atoms with Crippen LogP contribution in [0.2, 0.25) is 5.02 Å². The highest BCUT2D eigenvalue weighted by Gasteiger charge is 2.55. The van der Waals surface area contributed by atoms with Gasteiger partial charge < -0.3 is 14.9 Å². The number of nitrogens with zero attached hydrogens (tertiary/aromatic N) is 2. The van der Waals surface area contributed by atoms with E-state index in [1.54, 1.807) is 0 Å². The van der Waals surface area contributed by atoms with Crippen molar-refractivity contribution in [2.75, 3.05) is 26.8 Å². The van der Waals surface area contributed by atoms with Gasteiger partial charge in [0.2, 0.25) is 10.0 Å². The normalized spacial score (nSPS) is 22.2. The van der Waals surface area contributed by atoms with Gasteiger partial charge in [-0.3, -0.25) is 0 Å². The smallest absolute Gasteiger partial charge is 0.246 e. The molecule has 0 aromatic heterocycles. The molecule has 0 saturated carbocycles. The lowest BCUT2D eigenvalue weighted by Gasteiger charge is -2.26. The first-order chi connectivity index (χ1) is 14.5. The summed E-state index contributed by atoms with van der Waals surface area (Å²) in [6.45, 7) is -2.21. The second-order valence-corrected chi connectivity index (χ2v) is 11.5. The van der Waals surface area contributed by atoms with E-state index in [0.29, 0.717) is 5.02 Å². The van der Waals surface area contributed by atoms with Crippen LogP contribution in [0.15, 0.2) is 52.3 Å². The van der Waals surface area contributed by atoms with E-state index in [2.05, 4.69) is 0 Å². The lowest BCUT2D eigenvalue weighted by Crippen LogP contribution is -2.49. The van der Waals surface area contributed by atoms with Crippen molar-refractivity contribution >= 4 is 31.5 Å². The molecule has 0 aliphatic carbocycles. The molecule has 166 valence electrons. The highest BCUT2D eigenvalue weighted by Crippen LogP contribution is 2.37. The summed E-state index contributed by atoms with van der Waals surface area (Å²) in [5, 5.41) is 28.3. The first-order valence-corrected chi connectivity index (χ1v) is 12.3. The first kappa shape index (κ1) is 23.5. The number of benzene rings is 2. The molecule has 1 heterocycles. The highest BCUT2D eigenvalue weighted by molar-refractivity contribution is 7.92. The third kappa shape index (κ3) is 4.15. The third-order valence-electron chi connectivity index (χ3n) is 5.12. The Balaban J connectivity index is 2.04. The van der Waals surface area contributed by atoms with E-state index >= 15 is 0 Å². The number of nitriles is 1. The van der Waals surface area contributed by atoms with Crippen LogP contribution in [0.25, 0.3) is 0 Å². The number of sulfonamides is 1. The van der Waals surface area contributed by atoms with Crippen LogP contribution in [0.3, 0.4) is 0 Å². The van der Waals surface area contributed by atoms with E-state index in [-0.39, 0.29) is 21.1 Å². The summed E-state index contributed by atoms with van der Waals surface area (Å²) in [6.07, 6.45) is 0. The molecule has 2 aromatic carbocycles. The van der Waals surface area contributed by atoms with Crippen molar-refractivity contribution in [2.45, 2.75) is 20.6 Å². The van der Waals surface area contributed by atoms with Crippen LogP contribution in [0.5, 0.6) is 5.75 Å². The summed E-state index contributed by atoms with van der Waals surface area (Å²) in [7, 11) is -7.32. The molecule has 1 saturated heterocycles. The molecule has 1 fully saturated rings. The molecule has 3 rings (SSSR count). The van der Waals surface area contributed by atoms with Gasteiger partial charge in [-0.05, 0) is 42.5 Å². The fourth-order valence-corrected chi connectivity index (χ4v) is 7.25. The predicted molar refractivity (Wildman–Crippen MR) is 111 cm³/mol. The Hall–Kier alpha value is -2.20. The van der Waals surface area contributed by atoms with Crippen LogP contribution in [0.1, 0.15) is 5.56 Å². The van der Waals surface area contributed by atoms with Crippen molar-refractivity contribution in [1.82, 2.24) is 4.31 Å².